The van der Waals surface area contributed by atoms with Crippen molar-refractivity contribution >= 4 is 25.4 Å². The minimum Gasteiger partial charge on any atom is -0.597 e. The third-order valence-electron chi connectivity index (χ3n) is 6.93. The van der Waals surface area contributed by atoms with Crippen LogP contribution in [0.5, 0.6) is 0 Å². The van der Waals surface area contributed by atoms with Crippen molar-refractivity contribution in [1.29, 1.82) is 0 Å². The van der Waals surface area contributed by atoms with Crippen LogP contribution in [0.1, 0.15) is 44.2 Å². The van der Waals surface area contributed by atoms with E-state index in [2.05, 4.69) is 26.2 Å². The number of nitrogens with zero attached hydrogens (tertiary/aromatic N) is 1. The smallest absolute Gasteiger partial charge is 0.314 e. The van der Waals surface area contributed by atoms with Crippen LogP contribution in [-0.2, 0) is 40.6 Å². The lowest BCUT2D eigenvalue weighted by Crippen LogP contribution is -2.64. The molecule has 208 valence electrons. The molecule has 2 aliphatic heterocycles. The minimum atomic E-state index is -1.31. The maximum Gasteiger partial charge on any atom is 0.314 e. The van der Waals surface area contributed by atoms with Crippen molar-refractivity contribution in [3.63, 3.8) is 0 Å². The molecule has 0 N–H and O–H groups in total. The predicted molar refractivity (Wildman–Crippen MR) is 150 cm³/mol. The molecule has 2 fully saturated rings. The largest absolute Gasteiger partial charge is 0.597 e. The molecule has 7 nitrogen and oxygen atoms in total. The van der Waals surface area contributed by atoms with Crippen LogP contribution < -0.4 is 0 Å². The molecule has 3 unspecified atom stereocenters. The number of hydrogen-bond acceptors (Lipinski definition) is 7. The molecule has 0 bridgehead atoms. The summed E-state index contributed by atoms with van der Waals surface area (Å²) in [5, 5.41) is 0. The molecular weight excluding hydrogens is 506 g/mol. The number of esters is 1. The normalized spacial score (nSPS) is 21.4. The van der Waals surface area contributed by atoms with Crippen LogP contribution in [0.15, 0.2) is 36.9 Å². The summed E-state index contributed by atoms with van der Waals surface area (Å²) in [5.41, 5.74) is 1.36. The van der Waals surface area contributed by atoms with E-state index in [4.69, 9.17) is 18.9 Å². The van der Waals surface area contributed by atoms with Crippen molar-refractivity contribution in [3.8, 4) is 0 Å². The molecule has 0 saturated carbocycles. The minimum absolute atomic E-state index is 0.0776. The van der Waals surface area contributed by atoms with E-state index in [1.165, 1.54) is 0 Å². The van der Waals surface area contributed by atoms with E-state index in [1.54, 1.807) is 6.08 Å². The number of rotatable bonds is 13. The third kappa shape index (κ3) is 7.68. The van der Waals surface area contributed by atoms with Crippen LogP contribution in [0.3, 0.4) is 0 Å². The second kappa shape index (κ2) is 12.8. The maximum absolute atomic E-state index is 13.7. The van der Waals surface area contributed by atoms with E-state index in [9.17, 15) is 9.35 Å². The van der Waals surface area contributed by atoms with Crippen molar-refractivity contribution in [1.82, 2.24) is 4.31 Å². The number of carbonyl (C=O) groups excluding carboxylic acids is 1. The zero-order valence-corrected chi connectivity index (χ0v) is 25.2. The molecule has 3 atom stereocenters. The van der Waals surface area contributed by atoms with E-state index in [0.29, 0.717) is 33.0 Å². The second-order valence-electron chi connectivity index (χ2n) is 12.3. The van der Waals surface area contributed by atoms with Crippen LogP contribution >= 0.6 is 0 Å². The topological polar surface area (TPSA) is 80.3 Å². The molecule has 37 heavy (non-hydrogen) atoms. The van der Waals surface area contributed by atoms with Gasteiger partial charge in [-0.25, -0.2) is 0 Å². The Bertz CT molecular complexity index is 887. The molecule has 0 aromatic heterocycles. The quantitative estimate of drug-likeness (QED) is 0.0867. The summed E-state index contributed by atoms with van der Waals surface area (Å²) >= 11 is -1.31. The summed E-state index contributed by atoms with van der Waals surface area (Å²) in [7, 11) is -1.24. The van der Waals surface area contributed by atoms with E-state index >= 15 is 0 Å². The van der Waals surface area contributed by atoms with Crippen LogP contribution in [0.4, 0.5) is 0 Å². The molecule has 2 heterocycles. The fraction of sp³-hybridized carbons (Fsp3) is 0.679. The zero-order valence-electron chi connectivity index (χ0n) is 23.4. The summed E-state index contributed by atoms with van der Waals surface area (Å²) in [4.78, 5) is 13.0. The lowest BCUT2D eigenvalue weighted by atomic mass is 9.82. The molecule has 9 heteroatoms. The molecule has 0 radical (unpaired) electrons. The fourth-order valence-electron chi connectivity index (χ4n) is 4.58. The monoisotopic (exact) mass is 551 g/mol. The Morgan fingerprint density at radius 1 is 1.27 bits per heavy atom. The van der Waals surface area contributed by atoms with Crippen molar-refractivity contribution in [2.45, 2.75) is 69.1 Å². The molecule has 0 spiro atoms. The molecule has 2 aliphatic rings. The van der Waals surface area contributed by atoms with Crippen molar-refractivity contribution < 1.29 is 28.3 Å². The van der Waals surface area contributed by atoms with Crippen LogP contribution in [0.2, 0.25) is 25.7 Å². The Kier molecular flexibility index (Phi) is 10.5. The first kappa shape index (κ1) is 30.3. The summed E-state index contributed by atoms with van der Waals surface area (Å²) in [6.45, 7) is 19.8. The van der Waals surface area contributed by atoms with Gasteiger partial charge in [-0.15, -0.1) is 0 Å². The number of carbonyl (C=O) groups is 1. The van der Waals surface area contributed by atoms with E-state index in [0.717, 1.165) is 23.6 Å². The average Bonchev–Trinajstić information content (AvgIpc) is 3.32. The standard InChI is InChI=1S/C28H45NO6SSi/c1-8-14-35-26(30)25(23-13-15-32-18-23)22-9-11-24(12-10-22)28(19-34-20-28)29(36(31)27(2,3)4)21-33-16-17-37(5,6)7/h8-12,23,25H,1,13-21H2,2-7H3. The highest BCUT2D eigenvalue weighted by Gasteiger charge is 2.54. The predicted octanol–water partition coefficient (Wildman–Crippen LogP) is 4.84. The first-order valence-electron chi connectivity index (χ1n) is 13.2. The van der Waals surface area contributed by atoms with Gasteiger partial charge in [0.2, 0.25) is 0 Å². The van der Waals surface area contributed by atoms with Crippen molar-refractivity contribution in [3.05, 3.63) is 48.0 Å². The Morgan fingerprint density at radius 2 is 1.95 bits per heavy atom. The highest BCUT2D eigenvalue weighted by atomic mass is 32.2. The van der Waals surface area contributed by atoms with Crippen LogP contribution in [0, 0.1) is 5.92 Å². The highest BCUT2D eigenvalue weighted by molar-refractivity contribution is 7.90. The van der Waals surface area contributed by atoms with Gasteiger partial charge in [0, 0.05) is 38.6 Å². The van der Waals surface area contributed by atoms with Crippen LogP contribution in [0.25, 0.3) is 0 Å². The highest BCUT2D eigenvalue weighted by Crippen LogP contribution is 2.42. The van der Waals surface area contributed by atoms with Crippen molar-refractivity contribution in [2.24, 2.45) is 5.92 Å². The maximum atomic E-state index is 13.7. The van der Waals surface area contributed by atoms with Crippen molar-refractivity contribution in [2.75, 3.05) is 46.4 Å². The summed E-state index contributed by atoms with van der Waals surface area (Å²) in [5.74, 6) is -0.570. The zero-order chi connectivity index (χ0) is 27.3. The Hall–Kier alpha value is -1.20. The van der Waals surface area contributed by atoms with Crippen LogP contribution in [-0.4, -0.2) is 74.0 Å². The molecule has 0 amide bonds. The van der Waals surface area contributed by atoms with Gasteiger partial charge in [-0.2, -0.15) is 0 Å². The Labute approximate surface area is 227 Å². The van der Waals surface area contributed by atoms with E-state index in [-0.39, 0.29) is 25.2 Å². The summed E-state index contributed by atoms with van der Waals surface area (Å²) in [6.07, 6.45) is 2.40. The number of hydrogen-bond donors (Lipinski definition) is 0. The first-order chi connectivity index (χ1) is 17.4. The summed E-state index contributed by atoms with van der Waals surface area (Å²) < 4.78 is 38.1. The molecule has 3 rings (SSSR count). The van der Waals surface area contributed by atoms with Gasteiger partial charge in [-0.3, -0.25) is 4.79 Å². The molecular formula is C28H45NO6SSi. The van der Waals surface area contributed by atoms with Gasteiger partial charge >= 0.3 is 5.97 Å². The third-order valence-corrected chi connectivity index (χ3v) is 10.5. The molecule has 2 saturated heterocycles. The van der Waals surface area contributed by atoms with Gasteiger partial charge in [0.15, 0.2) is 0 Å². The van der Waals surface area contributed by atoms with Gasteiger partial charge in [-0.05, 0) is 44.4 Å². The Morgan fingerprint density at radius 3 is 2.43 bits per heavy atom. The average molecular weight is 552 g/mol. The number of benzene rings is 1. The van der Waals surface area contributed by atoms with E-state index < -0.39 is 35.6 Å². The molecule has 1 aromatic rings. The van der Waals surface area contributed by atoms with Gasteiger partial charge < -0.3 is 23.5 Å². The fourth-order valence-corrected chi connectivity index (χ4v) is 6.70. The van der Waals surface area contributed by atoms with Gasteiger partial charge in [0.05, 0.1) is 25.7 Å². The SMILES string of the molecule is C=CCOC(=O)C(c1ccc(C2(N(COCC[Si](C)(C)C)[S+]([O-])C(C)(C)C)COC2)cc1)C1CCOC1. The van der Waals surface area contributed by atoms with E-state index in [1.807, 2.05) is 49.3 Å². The number of ether oxygens (including phenoxy) is 4. The van der Waals surface area contributed by atoms with Gasteiger partial charge in [-0.1, -0.05) is 60.9 Å². The first-order valence-corrected chi connectivity index (χ1v) is 18.0. The van der Waals surface area contributed by atoms with Gasteiger partial charge in [0.1, 0.15) is 23.6 Å². The Balaban J connectivity index is 1.86. The lowest BCUT2D eigenvalue weighted by molar-refractivity contribution is -0.145. The lowest BCUT2D eigenvalue weighted by Gasteiger charge is -2.50. The second-order valence-corrected chi connectivity index (χ2v) is 20.0. The molecule has 1 aromatic carbocycles. The van der Waals surface area contributed by atoms with Gasteiger partial charge in [0.25, 0.3) is 0 Å². The summed E-state index contributed by atoms with van der Waals surface area (Å²) in [6, 6.07) is 9.12. The molecule has 0 aliphatic carbocycles.